The first-order chi connectivity index (χ1) is 12.2. The molecule has 1 aromatic heterocycles. The van der Waals surface area contributed by atoms with Crippen LogP contribution in [0.4, 0.5) is 5.95 Å². The molecule has 0 fully saturated rings. The number of carbonyl (C=O) groups excluding carboxylic acids is 1. The third-order valence-electron chi connectivity index (χ3n) is 3.96. The molecule has 3 aromatic rings. The van der Waals surface area contributed by atoms with Gasteiger partial charge in [-0.15, -0.1) is 0 Å². The molecule has 3 N–H and O–H groups in total. The third kappa shape index (κ3) is 4.16. The number of aryl methyl sites for hydroxylation is 1. The predicted molar refractivity (Wildman–Crippen MR) is 98.3 cm³/mol. The number of benzene rings is 2. The standard InChI is InChI=1S/C19H22N4O2/c1-14-6-8-15(9-7-14)12-21-18(25)13-23-17-5-3-2-4-16(17)22-19(23)20-10-11-24/h2-9,24H,10-13H2,1H3,(H,20,22)(H,21,25). The van der Waals surface area contributed by atoms with Gasteiger partial charge in [0.2, 0.25) is 11.9 Å². The number of amides is 1. The monoisotopic (exact) mass is 338 g/mol. The fourth-order valence-corrected chi connectivity index (χ4v) is 2.64. The van der Waals surface area contributed by atoms with Crippen molar-refractivity contribution in [2.24, 2.45) is 0 Å². The van der Waals surface area contributed by atoms with Gasteiger partial charge in [-0.3, -0.25) is 4.79 Å². The zero-order chi connectivity index (χ0) is 17.6. The molecule has 0 atom stereocenters. The van der Waals surface area contributed by atoms with Gasteiger partial charge in [0, 0.05) is 13.1 Å². The summed E-state index contributed by atoms with van der Waals surface area (Å²) in [4.78, 5) is 16.9. The van der Waals surface area contributed by atoms with Gasteiger partial charge in [0.15, 0.2) is 0 Å². The Morgan fingerprint density at radius 2 is 1.92 bits per heavy atom. The van der Waals surface area contributed by atoms with Gasteiger partial charge in [0.25, 0.3) is 0 Å². The number of nitrogens with zero attached hydrogens (tertiary/aromatic N) is 2. The Morgan fingerprint density at radius 1 is 1.16 bits per heavy atom. The fourth-order valence-electron chi connectivity index (χ4n) is 2.64. The topological polar surface area (TPSA) is 79.2 Å². The van der Waals surface area contributed by atoms with E-state index >= 15 is 0 Å². The van der Waals surface area contributed by atoms with E-state index in [-0.39, 0.29) is 19.1 Å². The third-order valence-corrected chi connectivity index (χ3v) is 3.96. The summed E-state index contributed by atoms with van der Waals surface area (Å²) >= 11 is 0. The molecule has 0 radical (unpaired) electrons. The van der Waals surface area contributed by atoms with Crippen LogP contribution in [0.25, 0.3) is 11.0 Å². The zero-order valence-corrected chi connectivity index (χ0v) is 14.2. The minimum Gasteiger partial charge on any atom is -0.395 e. The minimum absolute atomic E-state index is 0.00280. The molecule has 0 unspecified atom stereocenters. The van der Waals surface area contributed by atoms with Gasteiger partial charge >= 0.3 is 0 Å². The molecular weight excluding hydrogens is 316 g/mol. The maximum Gasteiger partial charge on any atom is 0.240 e. The van der Waals surface area contributed by atoms with E-state index in [0.29, 0.717) is 19.0 Å². The van der Waals surface area contributed by atoms with Crippen molar-refractivity contribution in [2.75, 3.05) is 18.5 Å². The van der Waals surface area contributed by atoms with Crippen LogP contribution in [0, 0.1) is 6.92 Å². The number of aliphatic hydroxyl groups is 1. The van der Waals surface area contributed by atoms with E-state index in [1.54, 1.807) is 0 Å². The van der Waals surface area contributed by atoms with Crippen molar-refractivity contribution in [2.45, 2.75) is 20.0 Å². The summed E-state index contributed by atoms with van der Waals surface area (Å²) in [5, 5.41) is 15.0. The summed E-state index contributed by atoms with van der Waals surface area (Å²) in [6.07, 6.45) is 0. The van der Waals surface area contributed by atoms with E-state index in [2.05, 4.69) is 15.6 Å². The average molecular weight is 338 g/mol. The molecule has 0 bridgehead atoms. The number of rotatable bonds is 7. The summed E-state index contributed by atoms with van der Waals surface area (Å²) in [6.45, 7) is 3.08. The molecule has 1 amide bonds. The van der Waals surface area contributed by atoms with E-state index in [4.69, 9.17) is 5.11 Å². The number of nitrogens with one attached hydrogen (secondary N) is 2. The summed E-state index contributed by atoms with van der Waals surface area (Å²) in [6, 6.07) is 15.7. The molecule has 0 aliphatic carbocycles. The van der Waals surface area contributed by atoms with Crippen LogP contribution in [0.15, 0.2) is 48.5 Å². The Balaban J connectivity index is 1.72. The predicted octanol–water partition coefficient (Wildman–Crippen LogP) is 2.07. The summed E-state index contributed by atoms with van der Waals surface area (Å²) < 4.78 is 1.83. The maximum atomic E-state index is 12.4. The van der Waals surface area contributed by atoms with Crippen LogP contribution in [0.2, 0.25) is 0 Å². The van der Waals surface area contributed by atoms with Crippen LogP contribution < -0.4 is 10.6 Å². The lowest BCUT2D eigenvalue weighted by Crippen LogP contribution is -2.27. The van der Waals surface area contributed by atoms with Crippen LogP contribution in [0.3, 0.4) is 0 Å². The highest BCUT2D eigenvalue weighted by Crippen LogP contribution is 2.19. The van der Waals surface area contributed by atoms with E-state index in [0.717, 1.165) is 16.6 Å². The molecule has 6 nitrogen and oxygen atoms in total. The molecule has 2 aromatic carbocycles. The Hall–Kier alpha value is -2.86. The lowest BCUT2D eigenvalue weighted by atomic mass is 10.1. The number of hydrogen-bond donors (Lipinski definition) is 3. The van der Waals surface area contributed by atoms with Crippen molar-refractivity contribution in [1.29, 1.82) is 0 Å². The summed E-state index contributed by atoms with van der Waals surface area (Å²) in [5.74, 6) is 0.497. The van der Waals surface area contributed by atoms with Gasteiger partial charge < -0.3 is 20.3 Å². The van der Waals surface area contributed by atoms with Crippen molar-refractivity contribution in [1.82, 2.24) is 14.9 Å². The Labute approximate surface area is 146 Å². The molecule has 0 aliphatic rings. The largest absolute Gasteiger partial charge is 0.395 e. The smallest absolute Gasteiger partial charge is 0.240 e. The lowest BCUT2D eigenvalue weighted by Gasteiger charge is -2.11. The van der Waals surface area contributed by atoms with Crippen LogP contribution >= 0.6 is 0 Å². The van der Waals surface area contributed by atoms with Gasteiger partial charge in [-0.05, 0) is 24.6 Å². The Morgan fingerprint density at radius 3 is 2.68 bits per heavy atom. The van der Waals surface area contributed by atoms with Crippen LogP contribution in [-0.4, -0.2) is 33.7 Å². The van der Waals surface area contributed by atoms with Gasteiger partial charge in [0.05, 0.1) is 17.6 Å². The van der Waals surface area contributed by atoms with Gasteiger partial charge in [-0.2, -0.15) is 0 Å². The Bertz CT molecular complexity index is 855. The number of hydrogen-bond acceptors (Lipinski definition) is 4. The number of aliphatic hydroxyl groups excluding tert-OH is 1. The number of imidazole rings is 1. The molecule has 130 valence electrons. The molecule has 1 heterocycles. The highest BCUT2D eigenvalue weighted by atomic mass is 16.3. The first-order valence-electron chi connectivity index (χ1n) is 8.29. The molecular formula is C19H22N4O2. The molecule has 25 heavy (non-hydrogen) atoms. The lowest BCUT2D eigenvalue weighted by molar-refractivity contribution is -0.121. The fraction of sp³-hybridized carbons (Fsp3) is 0.263. The van der Waals surface area contributed by atoms with Gasteiger partial charge in [0.1, 0.15) is 6.54 Å². The SMILES string of the molecule is Cc1ccc(CNC(=O)Cn2c(NCCO)nc3ccccc32)cc1. The first-order valence-corrected chi connectivity index (χ1v) is 8.29. The van der Waals surface area contributed by atoms with Crippen molar-refractivity contribution in [3.05, 3.63) is 59.7 Å². The average Bonchev–Trinajstić information content (AvgIpc) is 2.97. The molecule has 0 spiro atoms. The van der Waals surface area contributed by atoms with Crippen LogP contribution in [-0.2, 0) is 17.9 Å². The Kier molecular flexibility index (Phi) is 5.30. The number of carbonyl (C=O) groups is 1. The number of aromatic nitrogens is 2. The summed E-state index contributed by atoms with van der Waals surface area (Å²) in [7, 11) is 0. The number of para-hydroxylation sites is 2. The second-order valence-electron chi connectivity index (χ2n) is 5.92. The zero-order valence-electron chi connectivity index (χ0n) is 14.2. The molecule has 0 saturated carbocycles. The van der Waals surface area contributed by atoms with E-state index < -0.39 is 0 Å². The van der Waals surface area contributed by atoms with Crippen molar-refractivity contribution < 1.29 is 9.90 Å². The second-order valence-corrected chi connectivity index (χ2v) is 5.92. The first kappa shape index (κ1) is 17.0. The maximum absolute atomic E-state index is 12.4. The van der Waals surface area contributed by atoms with E-state index in [1.165, 1.54) is 5.56 Å². The van der Waals surface area contributed by atoms with Gasteiger partial charge in [-0.25, -0.2) is 4.98 Å². The van der Waals surface area contributed by atoms with E-state index in [1.807, 2.05) is 60.0 Å². The normalized spacial score (nSPS) is 10.8. The number of fused-ring (bicyclic) bond motifs is 1. The van der Waals surface area contributed by atoms with Gasteiger partial charge in [-0.1, -0.05) is 42.0 Å². The van der Waals surface area contributed by atoms with Crippen molar-refractivity contribution in [3.63, 3.8) is 0 Å². The van der Waals surface area contributed by atoms with Crippen molar-refractivity contribution in [3.8, 4) is 0 Å². The van der Waals surface area contributed by atoms with Crippen LogP contribution in [0.1, 0.15) is 11.1 Å². The molecule has 6 heteroatoms. The van der Waals surface area contributed by atoms with Crippen LogP contribution in [0.5, 0.6) is 0 Å². The highest BCUT2D eigenvalue weighted by molar-refractivity contribution is 5.83. The highest BCUT2D eigenvalue weighted by Gasteiger charge is 2.13. The molecule has 0 aliphatic heterocycles. The second kappa shape index (κ2) is 7.81. The van der Waals surface area contributed by atoms with Crippen molar-refractivity contribution >= 4 is 22.9 Å². The van der Waals surface area contributed by atoms with E-state index in [9.17, 15) is 4.79 Å². The molecule has 0 saturated heterocycles. The minimum atomic E-state index is -0.0872. The molecule has 3 rings (SSSR count). The summed E-state index contributed by atoms with van der Waals surface area (Å²) in [5.41, 5.74) is 3.95. The quantitative estimate of drug-likeness (QED) is 0.616. The number of anilines is 1.